The lowest BCUT2D eigenvalue weighted by Crippen LogP contribution is -2.14. The van der Waals surface area contributed by atoms with Gasteiger partial charge >= 0.3 is 5.97 Å². The number of aryl methyl sites for hydroxylation is 1. The van der Waals surface area contributed by atoms with Crippen LogP contribution in [0.1, 0.15) is 25.7 Å². The molecule has 0 amide bonds. The Balaban J connectivity index is 1.68. The highest BCUT2D eigenvalue weighted by atomic mass is 32.1. The van der Waals surface area contributed by atoms with E-state index in [2.05, 4.69) is 9.97 Å². The van der Waals surface area contributed by atoms with Crippen molar-refractivity contribution in [2.45, 2.75) is 6.92 Å². The summed E-state index contributed by atoms with van der Waals surface area (Å²) in [5, 5.41) is 0.587. The second-order valence-electron chi connectivity index (χ2n) is 5.50. The zero-order valence-electron chi connectivity index (χ0n) is 14.6. The van der Waals surface area contributed by atoms with Crippen molar-refractivity contribution in [2.24, 2.45) is 0 Å². The van der Waals surface area contributed by atoms with Crippen LogP contribution in [0.3, 0.4) is 0 Å². The second-order valence-corrected chi connectivity index (χ2v) is 6.50. The number of hydrogen-bond donors (Lipinski definition) is 0. The fourth-order valence-corrected chi connectivity index (χ4v) is 3.24. The van der Waals surface area contributed by atoms with Gasteiger partial charge in [0.05, 0.1) is 18.5 Å². The number of thiazole rings is 1. The van der Waals surface area contributed by atoms with Gasteiger partial charge in [-0.15, -0.1) is 11.3 Å². The highest BCUT2D eigenvalue weighted by Gasteiger charge is 2.20. The molecular formula is C19H15FN2O4S. The average molecular weight is 386 g/mol. The van der Waals surface area contributed by atoms with E-state index in [-0.39, 0.29) is 11.3 Å². The van der Waals surface area contributed by atoms with Crippen molar-refractivity contribution < 1.29 is 23.5 Å². The predicted octanol–water partition coefficient (Wildman–Crippen LogP) is 3.70. The number of pyridine rings is 1. The SMILES string of the molecule is COc1ccc(C(=O)COC(=O)c2sc(-c3ccccn3)nc2C)cc1F. The summed E-state index contributed by atoms with van der Waals surface area (Å²) in [7, 11) is 1.33. The summed E-state index contributed by atoms with van der Waals surface area (Å²) in [6.45, 7) is 1.18. The number of halogens is 1. The minimum absolute atomic E-state index is 0.0332. The van der Waals surface area contributed by atoms with Gasteiger partial charge in [-0.25, -0.2) is 14.2 Å². The number of nitrogens with zero attached hydrogens (tertiary/aromatic N) is 2. The number of aromatic nitrogens is 2. The first-order valence-corrected chi connectivity index (χ1v) is 8.74. The molecule has 2 aromatic heterocycles. The highest BCUT2D eigenvalue weighted by molar-refractivity contribution is 7.17. The van der Waals surface area contributed by atoms with E-state index in [0.29, 0.717) is 21.3 Å². The molecule has 138 valence electrons. The van der Waals surface area contributed by atoms with Crippen LogP contribution in [0.15, 0.2) is 42.6 Å². The first-order chi connectivity index (χ1) is 13.0. The Bertz CT molecular complexity index is 989. The van der Waals surface area contributed by atoms with Gasteiger partial charge in [-0.1, -0.05) is 6.07 Å². The van der Waals surface area contributed by atoms with Gasteiger partial charge in [0.2, 0.25) is 0 Å². The molecule has 0 aliphatic carbocycles. The molecule has 8 heteroatoms. The number of hydrogen-bond acceptors (Lipinski definition) is 7. The number of carbonyl (C=O) groups is 2. The number of Topliss-reactive ketones (excluding diaryl/α,β-unsaturated/α-hetero) is 1. The third kappa shape index (κ3) is 4.17. The van der Waals surface area contributed by atoms with Crippen LogP contribution >= 0.6 is 11.3 Å². The third-order valence-corrected chi connectivity index (χ3v) is 4.83. The van der Waals surface area contributed by atoms with E-state index >= 15 is 0 Å². The molecule has 0 N–H and O–H groups in total. The summed E-state index contributed by atoms with van der Waals surface area (Å²) in [6.07, 6.45) is 1.64. The van der Waals surface area contributed by atoms with Crippen LogP contribution in [-0.4, -0.2) is 35.4 Å². The Morgan fingerprint density at radius 1 is 1.22 bits per heavy atom. The second kappa shape index (κ2) is 8.05. The van der Waals surface area contributed by atoms with Gasteiger partial charge in [0, 0.05) is 11.8 Å². The molecule has 0 spiro atoms. The molecule has 0 saturated heterocycles. The Labute approximate surface area is 158 Å². The van der Waals surface area contributed by atoms with Crippen molar-refractivity contribution in [2.75, 3.05) is 13.7 Å². The molecule has 0 unspecified atom stereocenters. The number of ether oxygens (including phenoxy) is 2. The topological polar surface area (TPSA) is 78.4 Å². The van der Waals surface area contributed by atoms with Crippen molar-refractivity contribution in [3.63, 3.8) is 0 Å². The Hall–Kier alpha value is -3.13. The molecule has 0 atom stereocenters. The fourth-order valence-electron chi connectivity index (χ4n) is 2.30. The quantitative estimate of drug-likeness (QED) is 0.475. The van der Waals surface area contributed by atoms with E-state index in [1.807, 2.05) is 6.07 Å². The molecule has 0 bridgehead atoms. The lowest BCUT2D eigenvalue weighted by molar-refractivity contribution is 0.0478. The van der Waals surface area contributed by atoms with Gasteiger partial charge in [0.1, 0.15) is 9.88 Å². The maximum Gasteiger partial charge on any atom is 0.350 e. The first kappa shape index (κ1) is 18.7. The van der Waals surface area contributed by atoms with Gasteiger partial charge in [-0.2, -0.15) is 0 Å². The van der Waals surface area contributed by atoms with Crippen LogP contribution in [0.5, 0.6) is 5.75 Å². The number of esters is 1. The monoisotopic (exact) mass is 386 g/mol. The molecule has 2 heterocycles. The van der Waals surface area contributed by atoms with E-state index in [0.717, 1.165) is 17.4 Å². The molecular weight excluding hydrogens is 371 g/mol. The van der Waals surface area contributed by atoms with Gasteiger partial charge in [0.15, 0.2) is 24.0 Å². The van der Waals surface area contributed by atoms with Crippen molar-refractivity contribution in [1.82, 2.24) is 9.97 Å². The Morgan fingerprint density at radius 2 is 2.04 bits per heavy atom. The number of benzene rings is 1. The summed E-state index contributed by atoms with van der Waals surface area (Å²) in [6, 6.07) is 9.20. The van der Waals surface area contributed by atoms with E-state index in [9.17, 15) is 14.0 Å². The van der Waals surface area contributed by atoms with E-state index in [1.165, 1.54) is 19.2 Å². The van der Waals surface area contributed by atoms with E-state index in [4.69, 9.17) is 9.47 Å². The molecule has 0 aliphatic rings. The maximum absolute atomic E-state index is 13.7. The smallest absolute Gasteiger partial charge is 0.350 e. The van der Waals surface area contributed by atoms with E-state index < -0.39 is 24.2 Å². The number of rotatable bonds is 6. The van der Waals surface area contributed by atoms with Gasteiger partial charge in [0.25, 0.3) is 0 Å². The number of methoxy groups -OCH3 is 1. The Kier molecular flexibility index (Phi) is 5.56. The molecule has 3 aromatic rings. The predicted molar refractivity (Wildman–Crippen MR) is 97.6 cm³/mol. The molecule has 3 rings (SSSR count). The average Bonchev–Trinajstić information content (AvgIpc) is 3.08. The summed E-state index contributed by atoms with van der Waals surface area (Å²) in [5.74, 6) is -1.80. The highest BCUT2D eigenvalue weighted by Crippen LogP contribution is 2.27. The molecule has 6 nitrogen and oxygen atoms in total. The van der Waals surface area contributed by atoms with Crippen LogP contribution in [0.4, 0.5) is 4.39 Å². The summed E-state index contributed by atoms with van der Waals surface area (Å²) in [4.78, 5) is 33.2. The van der Waals surface area contributed by atoms with Crippen molar-refractivity contribution in [1.29, 1.82) is 0 Å². The van der Waals surface area contributed by atoms with Crippen LogP contribution in [0, 0.1) is 12.7 Å². The molecule has 0 radical (unpaired) electrons. The normalized spacial score (nSPS) is 10.5. The van der Waals surface area contributed by atoms with Crippen LogP contribution in [0.25, 0.3) is 10.7 Å². The van der Waals surface area contributed by atoms with Gasteiger partial charge in [-0.3, -0.25) is 9.78 Å². The molecule has 0 fully saturated rings. The maximum atomic E-state index is 13.7. The molecule has 27 heavy (non-hydrogen) atoms. The summed E-state index contributed by atoms with van der Waals surface area (Å²) < 4.78 is 23.6. The zero-order chi connectivity index (χ0) is 19.4. The summed E-state index contributed by atoms with van der Waals surface area (Å²) >= 11 is 1.14. The van der Waals surface area contributed by atoms with Crippen LogP contribution in [-0.2, 0) is 4.74 Å². The van der Waals surface area contributed by atoms with Gasteiger partial charge < -0.3 is 9.47 Å². The van der Waals surface area contributed by atoms with Crippen molar-refractivity contribution in [3.05, 3.63) is 64.5 Å². The fraction of sp³-hybridized carbons (Fsp3) is 0.158. The molecule has 0 aliphatic heterocycles. The lowest BCUT2D eigenvalue weighted by atomic mass is 10.1. The van der Waals surface area contributed by atoms with Crippen LogP contribution in [0.2, 0.25) is 0 Å². The van der Waals surface area contributed by atoms with Crippen molar-refractivity contribution in [3.8, 4) is 16.5 Å². The summed E-state index contributed by atoms with van der Waals surface area (Å²) in [5.41, 5.74) is 1.24. The largest absolute Gasteiger partial charge is 0.494 e. The van der Waals surface area contributed by atoms with Crippen LogP contribution < -0.4 is 4.74 Å². The lowest BCUT2D eigenvalue weighted by Gasteiger charge is -2.05. The number of carbonyl (C=O) groups excluding carboxylic acids is 2. The molecule has 1 aromatic carbocycles. The third-order valence-electron chi connectivity index (χ3n) is 3.67. The first-order valence-electron chi connectivity index (χ1n) is 7.92. The Morgan fingerprint density at radius 3 is 2.70 bits per heavy atom. The van der Waals surface area contributed by atoms with Crippen molar-refractivity contribution >= 4 is 23.1 Å². The van der Waals surface area contributed by atoms with Gasteiger partial charge in [-0.05, 0) is 37.3 Å². The minimum Gasteiger partial charge on any atom is -0.494 e. The van der Waals surface area contributed by atoms with E-state index in [1.54, 1.807) is 25.3 Å². The standard InChI is InChI=1S/C19H15FN2O4S/c1-11-17(27-18(22-11)14-5-3-4-8-21-14)19(24)26-10-15(23)12-6-7-16(25-2)13(20)9-12/h3-9H,10H2,1-2H3. The molecule has 0 saturated carbocycles. The minimum atomic E-state index is -0.659. The zero-order valence-corrected chi connectivity index (χ0v) is 15.4. The number of ketones is 1.